The molecule has 4 aliphatic rings. The molecule has 13 heteroatoms. The third kappa shape index (κ3) is 7.26. The maximum Gasteiger partial charge on any atom is 0.410 e. The highest BCUT2D eigenvalue weighted by Gasteiger charge is 2.61. The molecule has 0 aromatic carbocycles. The summed E-state index contributed by atoms with van der Waals surface area (Å²) < 4.78 is 5.02. The average molecular weight is 617 g/mol. The van der Waals surface area contributed by atoms with Crippen molar-refractivity contribution in [3.8, 4) is 0 Å². The van der Waals surface area contributed by atoms with E-state index < -0.39 is 53.6 Å². The molecule has 1 saturated carbocycles. The van der Waals surface area contributed by atoms with Gasteiger partial charge in [0.2, 0.25) is 11.7 Å². The van der Waals surface area contributed by atoms with Gasteiger partial charge < -0.3 is 36.0 Å². The molecule has 0 radical (unpaired) electrons. The van der Waals surface area contributed by atoms with E-state index in [-0.39, 0.29) is 41.7 Å². The van der Waals surface area contributed by atoms with Crippen LogP contribution in [0.25, 0.3) is 0 Å². The number of hydrogen-bond donors (Lipinski definition) is 5. The average Bonchev–Trinajstić information content (AvgIpc) is 3.54. The zero-order valence-corrected chi connectivity index (χ0v) is 26.8. The summed E-state index contributed by atoms with van der Waals surface area (Å²) in [5.41, 5.74) is 5.14. The number of aliphatic hydroxyl groups excluding tert-OH is 1. The molecule has 0 aromatic rings. The molecule has 2 heterocycles. The normalized spacial score (nSPS) is 26.2. The lowest BCUT2D eigenvalue weighted by atomic mass is 9.55. The van der Waals surface area contributed by atoms with E-state index in [0.717, 1.165) is 12.0 Å². The van der Waals surface area contributed by atoms with Crippen LogP contribution in [-0.4, -0.2) is 101 Å². The number of ether oxygens (including phenoxy) is 1. The first-order valence-corrected chi connectivity index (χ1v) is 15.4. The number of aliphatic hydroxyl groups is 1. The number of ketones is 1. The van der Waals surface area contributed by atoms with Gasteiger partial charge in [0.05, 0.1) is 24.7 Å². The fourth-order valence-electron chi connectivity index (χ4n) is 6.90. The molecular weight excluding hydrogens is 568 g/mol. The molecule has 2 unspecified atom stereocenters. The molecule has 6 N–H and O–H groups in total. The number of hydrogen-bond acceptors (Lipinski definition) is 8. The molecular formula is C31H48N6O7. The Balaban J connectivity index is 1.53. The molecule has 4 rings (SSSR count). The monoisotopic (exact) mass is 616 g/mol. The summed E-state index contributed by atoms with van der Waals surface area (Å²) in [6.07, 6.45) is 4.13. The van der Waals surface area contributed by atoms with E-state index in [9.17, 15) is 29.1 Å². The fourth-order valence-corrected chi connectivity index (χ4v) is 6.90. The second-order valence-electron chi connectivity index (χ2n) is 14.6. The van der Waals surface area contributed by atoms with Crippen molar-refractivity contribution in [2.45, 2.75) is 85.3 Å². The van der Waals surface area contributed by atoms with Gasteiger partial charge in [-0.25, -0.2) is 9.59 Å². The Hall–Kier alpha value is -3.45. The largest absolute Gasteiger partial charge is 0.448 e. The van der Waals surface area contributed by atoms with Crippen LogP contribution in [0.2, 0.25) is 0 Å². The minimum atomic E-state index is -1.35. The van der Waals surface area contributed by atoms with E-state index in [1.54, 1.807) is 22.0 Å². The van der Waals surface area contributed by atoms with Gasteiger partial charge in [-0.1, -0.05) is 66.7 Å². The van der Waals surface area contributed by atoms with E-state index in [2.05, 4.69) is 29.8 Å². The Labute approximate surface area is 259 Å². The van der Waals surface area contributed by atoms with Gasteiger partial charge in [0.25, 0.3) is 5.91 Å². The minimum Gasteiger partial charge on any atom is -0.448 e. The molecule has 244 valence electrons. The number of Topliss-reactive ketones (excluding diaryl/α,β-unsaturated/α-hetero) is 1. The number of carbonyl (C=O) groups is 5. The number of cyclic esters (lactones) is 1. The van der Waals surface area contributed by atoms with Gasteiger partial charge in [0.15, 0.2) is 0 Å². The van der Waals surface area contributed by atoms with Crippen LogP contribution < -0.4 is 21.7 Å². The van der Waals surface area contributed by atoms with E-state index in [1.807, 2.05) is 34.6 Å². The molecule has 2 aliphatic heterocycles. The summed E-state index contributed by atoms with van der Waals surface area (Å²) in [5.74, 6) is -2.32. The van der Waals surface area contributed by atoms with E-state index >= 15 is 0 Å². The first kappa shape index (κ1) is 33.4. The first-order chi connectivity index (χ1) is 20.4. The molecule has 5 amide bonds. The summed E-state index contributed by atoms with van der Waals surface area (Å²) >= 11 is 0. The minimum absolute atomic E-state index is 0.00292. The van der Waals surface area contributed by atoms with E-state index in [4.69, 9.17) is 10.5 Å². The lowest BCUT2D eigenvalue weighted by molar-refractivity contribution is -0.142. The van der Waals surface area contributed by atoms with Crippen LogP contribution >= 0.6 is 0 Å². The number of nitrogens with one attached hydrogen (secondary N) is 3. The number of amides is 5. The molecule has 7 atom stereocenters. The lowest BCUT2D eigenvalue weighted by Crippen LogP contribution is -2.63. The van der Waals surface area contributed by atoms with Crippen molar-refractivity contribution in [2.75, 3.05) is 26.2 Å². The van der Waals surface area contributed by atoms with Crippen LogP contribution in [0.15, 0.2) is 23.8 Å². The maximum absolute atomic E-state index is 14.3. The van der Waals surface area contributed by atoms with Crippen LogP contribution in [0.1, 0.15) is 54.9 Å². The van der Waals surface area contributed by atoms with Gasteiger partial charge in [-0.3, -0.25) is 19.7 Å². The van der Waals surface area contributed by atoms with Crippen LogP contribution in [0.3, 0.4) is 0 Å². The number of allylic oxidation sites excluding steroid dienone is 3. The Morgan fingerprint density at radius 2 is 1.84 bits per heavy atom. The molecule has 44 heavy (non-hydrogen) atoms. The van der Waals surface area contributed by atoms with Crippen molar-refractivity contribution in [1.29, 1.82) is 0 Å². The Kier molecular flexibility index (Phi) is 9.51. The molecule has 2 aliphatic carbocycles. The molecule has 2 saturated heterocycles. The number of carbonyl (C=O) groups excluding carboxylic acids is 5. The number of fused-ring (bicyclic) bond motifs is 1. The number of nitrogens with zero attached hydrogens (tertiary/aromatic N) is 2. The van der Waals surface area contributed by atoms with Gasteiger partial charge in [0.1, 0.15) is 18.9 Å². The van der Waals surface area contributed by atoms with Gasteiger partial charge in [-0.05, 0) is 40.6 Å². The van der Waals surface area contributed by atoms with E-state index in [1.165, 1.54) is 6.08 Å². The number of nitrogens with two attached hydrogens (primary N) is 1. The lowest BCUT2D eigenvalue weighted by Gasteiger charge is -2.50. The highest BCUT2D eigenvalue weighted by Crippen LogP contribution is 2.58. The van der Waals surface area contributed by atoms with Crippen molar-refractivity contribution in [2.24, 2.45) is 34.3 Å². The zero-order chi connectivity index (χ0) is 32.7. The van der Waals surface area contributed by atoms with Crippen molar-refractivity contribution >= 4 is 29.7 Å². The van der Waals surface area contributed by atoms with Crippen LogP contribution in [0, 0.1) is 28.6 Å². The predicted molar refractivity (Wildman–Crippen MR) is 162 cm³/mol. The summed E-state index contributed by atoms with van der Waals surface area (Å²) in [4.78, 5) is 67.2. The fraction of sp³-hybridized carbons (Fsp3) is 0.710. The molecule has 13 nitrogen and oxygen atoms in total. The Morgan fingerprint density at radius 1 is 1.18 bits per heavy atom. The number of primary amides is 1. The molecule has 0 spiro atoms. The standard InChI is InChI=1S/C31H48N6O7/c1-16(2)20(15-36-10-11-44-29(36)43)34-28(42)35-24(30(3,4)5)27(41)37-14-18-13-31(6,7)21(18)22(37)26(40)33-19(12-17-8-9-17)23(38)25(32)39/h8-9,12,16,18-22,24,26,33,40H,10-11,13-15H2,1-7H3,(H2,32,39)(H2,34,35,42)/t18-,19?,20+,21-,22-,24+,26?/m0/s1. The van der Waals surface area contributed by atoms with Crippen LogP contribution in [-0.2, 0) is 19.1 Å². The number of urea groups is 1. The third-order valence-electron chi connectivity index (χ3n) is 9.33. The highest BCUT2D eigenvalue weighted by molar-refractivity contribution is 6.38. The summed E-state index contributed by atoms with van der Waals surface area (Å²) in [6.45, 7) is 15.0. The van der Waals surface area contributed by atoms with Gasteiger partial charge in [0, 0.05) is 13.1 Å². The molecule has 3 fully saturated rings. The topological polar surface area (TPSA) is 183 Å². The van der Waals surface area contributed by atoms with E-state index in [0.29, 0.717) is 19.7 Å². The van der Waals surface area contributed by atoms with Gasteiger partial charge in [-0.15, -0.1) is 0 Å². The van der Waals surface area contributed by atoms with Gasteiger partial charge >= 0.3 is 12.1 Å². The third-order valence-corrected chi connectivity index (χ3v) is 9.33. The number of likely N-dealkylation sites (tertiary alicyclic amines) is 1. The second kappa shape index (κ2) is 12.5. The summed E-state index contributed by atoms with van der Waals surface area (Å²) in [5, 5.41) is 20.2. The first-order valence-electron chi connectivity index (χ1n) is 15.4. The SMILES string of the molecule is CC(C)[C@@H](CN1CCOC1=O)NC(=O)N[C@H](C(=O)N1C[C@@H]2CC(C)(C)[C@@H]2[C@H]1C(O)NC(C=C1C=C1)C(=O)C(N)=O)C(C)(C)C. The maximum atomic E-state index is 14.3. The summed E-state index contributed by atoms with van der Waals surface area (Å²) in [7, 11) is 0. The smallest absolute Gasteiger partial charge is 0.410 e. The molecule has 0 aromatic heterocycles. The van der Waals surface area contributed by atoms with Crippen molar-refractivity contribution in [1.82, 2.24) is 25.8 Å². The van der Waals surface area contributed by atoms with Crippen molar-refractivity contribution in [3.63, 3.8) is 0 Å². The Morgan fingerprint density at radius 3 is 2.34 bits per heavy atom. The second-order valence-corrected chi connectivity index (χ2v) is 14.6. The number of rotatable bonds is 12. The zero-order valence-electron chi connectivity index (χ0n) is 26.8. The quantitative estimate of drug-likeness (QED) is 0.158. The summed E-state index contributed by atoms with van der Waals surface area (Å²) in [6, 6.07) is -3.76. The predicted octanol–water partition coefficient (Wildman–Crippen LogP) is 0.877. The van der Waals surface area contributed by atoms with Crippen LogP contribution in [0.5, 0.6) is 0 Å². The van der Waals surface area contributed by atoms with Crippen LogP contribution in [0.4, 0.5) is 9.59 Å². The van der Waals surface area contributed by atoms with Crippen molar-refractivity contribution < 1.29 is 33.8 Å². The molecule has 0 bridgehead atoms. The van der Waals surface area contributed by atoms with Gasteiger partial charge in [-0.2, -0.15) is 0 Å². The van der Waals surface area contributed by atoms with Crippen molar-refractivity contribution in [3.05, 3.63) is 23.8 Å². The Bertz CT molecular complexity index is 1230. The highest BCUT2D eigenvalue weighted by atomic mass is 16.6.